The van der Waals surface area contributed by atoms with Crippen LogP contribution in [0.4, 0.5) is 10.6 Å². The van der Waals surface area contributed by atoms with Crippen LogP contribution >= 0.6 is 12.2 Å². The number of amides is 1. The number of aromatic nitrogens is 4. The van der Waals surface area contributed by atoms with Crippen molar-refractivity contribution in [1.29, 1.82) is 0 Å². The van der Waals surface area contributed by atoms with Crippen LogP contribution in [0, 0.1) is 11.7 Å². The standard InChI is InChI=1S/C22H26N6O3S/c1-14(2)19-20(29)28(21(32)25-19)18-7-5-16(13-24-18)31-22(30)27-10-8-26(9-11-27)17-6-4-15(3)12-23-17/h4-7,12-14,29H,8-11H2,1-3H3,(H,25,32). The average Bonchev–Trinajstić information content (AvgIpc) is 3.09. The fraction of sp³-hybridized carbons (Fsp3) is 0.364. The zero-order chi connectivity index (χ0) is 22.8. The van der Waals surface area contributed by atoms with Gasteiger partial charge in [-0.3, -0.25) is 0 Å². The minimum atomic E-state index is -0.417. The fourth-order valence-electron chi connectivity index (χ4n) is 3.55. The molecule has 0 radical (unpaired) electrons. The molecule has 4 heterocycles. The van der Waals surface area contributed by atoms with Crippen LogP contribution in [0.3, 0.4) is 0 Å². The van der Waals surface area contributed by atoms with Gasteiger partial charge in [-0.25, -0.2) is 19.3 Å². The number of piperazine rings is 1. The van der Waals surface area contributed by atoms with Gasteiger partial charge in [-0.1, -0.05) is 19.9 Å². The van der Waals surface area contributed by atoms with Gasteiger partial charge < -0.3 is 24.6 Å². The van der Waals surface area contributed by atoms with E-state index in [1.54, 1.807) is 17.0 Å². The maximum absolute atomic E-state index is 12.6. The van der Waals surface area contributed by atoms with E-state index in [9.17, 15) is 9.90 Å². The number of rotatable bonds is 4. The molecule has 1 aliphatic heterocycles. The minimum Gasteiger partial charge on any atom is -0.493 e. The number of imidazole rings is 1. The first kappa shape index (κ1) is 21.8. The van der Waals surface area contributed by atoms with Gasteiger partial charge in [-0.05, 0) is 48.8 Å². The normalized spacial score (nSPS) is 14.1. The van der Waals surface area contributed by atoms with E-state index in [1.165, 1.54) is 10.8 Å². The van der Waals surface area contributed by atoms with Crippen molar-refractivity contribution in [2.75, 3.05) is 31.1 Å². The predicted molar refractivity (Wildman–Crippen MR) is 123 cm³/mol. The fourth-order valence-corrected chi connectivity index (χ4v) is 3.84. The van der Waals surface area contributed by atoms with E-state index < -0.39 is 6.09 Å². The monoisotopic (exact) mass is 454 g/mol. The highest BCUT2D eigenvalue weighted by Crippen LogP contribution is 2.27. The summed E-state index contributed by atoms with van der Waals surface area (Å²) in [6.45, 7) is 8.38. The van der Waals surface area contributed by atoms with Gasteiger partial charge >= 0.3 is 6.09 Å². The summed E-state index contributed by atoms with van der Waals surface area (Å²) in [4.78, 5) is 28.2. The van der Waals surface area contributed by atoms with Crippen molar-refractivity contribution < 1.29 is 14.6 Å². The molecule has 3 aromatic heterocycles. The molecule has 2 N–H and O–H groups in total. The summed E-state index contributed by atoms with van der Waals surface area (Å²) in [5, 5.41) is 10.5. The number of carbonyl (C=O) groups is 1. The van der Waals surface area contributed by atoms with Gasteiger partial charge in [0.1, 0.15) is 11.6 Å². The molecule has 9 nitrogen and oxygen atoms in total. The molecular formula is C22H26N6O3S. The summed E-state index contributed by atoms with van der Waals surface area (Å²) in [6.07, 6.45) is 2.87. The molecule has 0 aromatic carbocycles. The van der Waals surface area contributed by atoms with Crippen LogP contribution in [-0.4, -0.2) is 61.8 Å². The third kappa shape index (κ3) is 4.45. The highest BCUT2D eigenvalue weighted by molar-refractivity contribution is 7.71. The SMILES string of the molecule is Cc1ccc(N2CCN(C(=O)Oc3ccc(-n4c(O)c(C(C)C)[nH]c4=S)nc3)CC2)nc1. The average molecular weight is 455 g/mol. The number of pyridine rings is 2. The van der Waals surface area contributed by atoms with Crippen LogP contribution in [-0.2, 0) is 0 Å². The van der Waals surface area contributed by atoms with E-state index in [0.29, 0.717) is 48.2 Å². The molecule has 0 atom stereocenters. The van der Waals surface area contributed by atoms with Gasteiger partial charge in [-0.2, -0.15) is 0 Å². The number of H-pyrrole nitrogens is 1. The lowest BCUT2D eigenvalue weighted by molar-refractivity contribution is 0.149. The van der Waals surface area contributed by atoms with Gasteiger partial charge in [0.25, 0.3) is 0 Å². The molecule has 0 aliphatic carbocycles. The number of aromatic hydroxyl groups is 1. The molecule has 168 valence electrons. The third-order valence-corrected chi connectivity index (χ3v) is 5.67. The Morgan fingerprint density at radius 2 is 1.78 bits per heavy atom. The van der Waals surface area contributed by atoms with Crippen LogP contribution in [0.2, 0.25) is 0 Å². The Labute approximate surface area is 191 Å². The molecule has 3 aromatic rings. The van der Waals surface area contributed by atoms with E-state index in [4.69, 9.17) is 17.0 Å². The number of ether oxygens (including phenoxy) is 1. The molecule has 1 fully saturated rings. The molecular weight excluding hydrogens is 428 g/mol. The van der Waals surface area contributed by atoms with E-state index in [-0.39, 0.29) is 11.8 Å². The smallest absolute Gasteiger partial charge is 0.415 e. The number of carbonyl (C=O) groups excluding carboxylic acids is 1. The van der Waals surface area contributed by atoms with Crippen LogP contribution in [0.25, 0.3) is 5.82 Å². The summed E-state index contributed by atoms with van der Waals surface area (Å²) < 4.78 is 7.29. The van der Waals surface area contributed by atoms with Gasteiger partial charge in [0, 0.05) is 32.4 Å². The number of aryl methyl sites for hydroxylation is 1. The highest BCUT2D eigenvalue weighted by Gasteiger charge is 2.23. The zero-order valence-electron chi connectivity index (χ0n) is 18.3. The first-order valence-corrected chi connectivity index (χ1v) is 10.9. The van der Waals surface area contributed by atoms with Crippen molar-refractivity contribution in [3.8, 4) is 17.4 Å². The number of anilines is 1. The topological polar surface area (TPSA) is 99.5 Å². The number of nitrogens with one attached hydrogen (secondary N) is 1. The van der Waals surface area contributed by atoms with Crippen LogP contribution < -0.4 is 9.64 Å². The lowest BCUT2D eigenvalue weighted by atomic mass is 10.1. The molecule has 0 spiro atoms. The number of hydrogen-bond donors (Lipinski definition) is 2. The summed E-state index contributed by atoms with van der Waals surface area (Å²) in [5.74, 6) is 1.79. The largest absolute Gasteiger partial charge is 0.493 e. The first-order valence-electron chi connectivity index (χ1n) is 10.5. The van der Waals surface area contributed by atoms with Crippen molar-refractivity contribution in [3.63, 3.8) is 0 Å². The van der Waals surface area contributed by atoms with E-state index in [1.807, 2.05) is 39.1 Å². The summed E-state index contributed by atoms with van der Waals surface area (Å²) in [7, 11) is 0. The molecule has 0 bridgehead atoms. The molecule has 0 unspecified atom stereocenters. The Hall–Kier alpha value is -3.40. The van der Waals surface area contributed by atoms with Gasteiger partial charge in [0.2, 0.25) is 5.88 Å². The maximum atomic E-state index is 12.6. The highest BCUT2D eigenvalue weighted by atomic mass is 32.1. The van der Waals surface area contributed by atoms with Crippen molar-refractivity contribution in [3.05, 3.63) is 52.7 Å². The van der Waals surface area contributed by atoms with Crippen molar-refractivity contribution in [1.82, 2.24) is 24.4 Å². The Morgan fingerprint density at radius 1 is 1.09 bits per heavy atom. The molecule has 1 aliphatic rings. The molecule has 0 saturated carbocycles. The molecule has 32 heavy (non-hydrogen) atoms. The van der Waals surface area contributed by atoms with Crippen LogP contribution in [0.1, 0.15) is 31.0 Å². The summed E-state index contributed by atoms with van der Waals surface area (Å²) >= 11 is 5.31. The summed E-state index contributed by atoms with van der Waals surface area (Å²) in [5.41, 5.74) is 1.76. The molecule has 1 amide bonds. The second-order valence-electron chi connectivity index (χ2n) is 8.05. The van der Waals surface area contributed by atoms with Crippen molar-refractivity contribution in [2.24, 2.45) is 0 Å². The Morgan fingerprint density at radius 3 is 2.34 bits per heavy atom. The lowest BCUT2D eigenvalue weighted by Gasteiger charge is -2.34. The third-order valence-electron chi connectivity index (χ3n) is 5.39. The first-order chi connectivity index (χ1) is 15.3. The number of aromatic amines is 1. The Kier molecular flexibility index (Phi) is 6.13. The second kappa shape index (κ2) is 8.99. The zero-order valence-corrected chi connectivity index (χ0v) is 19.1. The second-order valence-corrected chi connectivity index (χ2v) is 8.43. The quantitative estimate of drug-likeness (QED) is 0.579. The Bertz CT molecular complexity index is 1150. The van der Waals surface area contributed by atoms with E-state index in [0.717, 1.165) is 11.4 Å². The van der Waals surface area contributed by atoms with Crippen molar-refractivity contribution in [2.45, 2.75) is 26.7 Å². The number of nitrogens with zero attached hydrogens (tertiary/aromatic N) is 5. The molecule has 10 heteroatoms. The van der Waals surface area contributed by atoms with Gasteiger partial charge in [0.05, 0.1) is 11.9 Å². The van der Waals surface area contributed by atoms with E-state index >= 15 is 0 Å². The predicted octanol–water partition coefficient (Wildman–Crippen LogP) is 3.78. The van der Waals surface area contributed by atoms with Gasteiger partial charge in [0.15, 0.2) is 10.5 Å². The van der Waals surface area contributed by atoms with E-state index in [2.05, 4.69) is 19.9 Å². The Balaban J connectivity index is 1.38. The van der Waals surface area contributed by atoms with Crippen LogP contribution in [0.5, 0.6) is 11.6 Å². The molecule has 4 rings (SSSR count). The number of hydrogen-bond acceptors (Lipinski definition) is 7. The lowest BCUT2D eigenvalue weighted by Crippen LogP contribution is -2.49. The molecule has 1 saturated heterocycles. The van der Waals surface area contributed by atoms with Crippen molar-refractivity contribution >= 4 is 24.1 Å². The van der Waals surface area contributed by atoms with Gasteiger partial charge in [-0.15, -0.1) is 0 Å². The summed E-state index contributed by atoms with van der Waals surface area (Å²) in [6, 6.07) is 7.31. The minimum absolute atomic E-state index is 0.0307. The van der Waals surface area contributed by atoms with Crippen LogP contribution in [0.15, 0.2) is 36.7 Å². The maximum Gasteiger partial charge on any atom is 0.415 e.